The van der Waals surface area contributed by atoms with Gasteiger partial charge in [0.25, 0.3) is 0 Å². The first kappa shape index (κ1) is 9.08. The predicted octanol–water partition coefficient (Wildman–Crippen LogP) is 4.23. The highest BCUT2D eigenvalue weighted by Gasteiger charge is 2.05. The Bertz CT molecular complexity index is 256. The number of halogens is 2. The zero-order chi connectivity index (χ0) is 8.43. The monoisotopic (exact) mass is 232 g/mol. The molecule has 2 heteroatoms. The lowest BCUT2D eigenvalue weighted by Crippen LogP contribution is -1.88. The quantitative estimate of drug-likeness (QED) is 0.681. The van der Waals surface area contributed by atoms with Crippen LogP contribution in [0.3, 0.4) is 0 Å². The second-order valence-electron chi connectivity index (χ2n) is 2.80. The van der Waals surface area contributed by atoms with E-state index in [4.69, 9.17) is 11.6 Å². The molecule has 11 heavy (non-hydrogen) atoms. The maximum Gasteiger partial charge on any atom is 0.0550 e. The first-order valence-corrected chi connectivity index (χ1v) is 4.74. The largest absolute Gasteiger partial charge is 0.0831 e. The lowest BCUT2D eigenvalue weighted by atomic mass is 10.0. The van der Waals surface area contributed by atoms with Crippen molar-refractivity contribution in [2.24, 2.45) is 0 Å². The van der Waals surface area contributed by atoms with E-state index in [-0.39, 0.29) is 0 Å². The van der Waals surface area contributed by atoms with E-state index < -0.39 is 0 Å². The maximum atomic E-state index is 5.91. The Morgan fingerprint density at radius 3 is 2.45 bits per heavy atom. The van der Waals surface area contributed by atoms with Crippen LogP contribution in [-0.2, 0) is 0 Å². The first-order chi connectivity index (χ1) is 5.13. The van der Waals surface area contributed by atoms with Gasteiger partial charge in [0.05, 0.1) is 5.02 Å². The Hall–Kier alpha value is -0.0100. The van der Waals surface area contributed by atoms with Crippen LogP contribution in [0.1, 0.15) is 25.3 Å². The number of hydrogen-bond acceptors (Lipinski definition) is 0. The molecule has 0 unspecified atom stereocenters. The Labute approximate surface area is 80.7 Å². The molecule has 0 saturated carbocycles. The fraction of sp³-hybridized carbons (Fsp3) is 0.333. The van der Waals surface area contributed by atoms with Crippen molar-refractivity contribution in [2.75, 3.05) is 0 Å². The molecular formula is C9H10BrCl. The lowest BCUT2D eigenvalue weighted by molar-refractivity contribution is 0.861. The van der Waals surface area contributed by atoms with Crippen molar-refractivity contribution in [2.45, 2.75) is 19.8 Å². The van der Waals surface area contributed by atoms with Crippen molar-refractivity contribution in [3.8, 4) is 0 Å². The molecule has 1 aromatic carbocycles. The van der Waals surface area contributed by atoms with Gasteiger partial charge in [0, 0.05) is 4.47 Å². The minimum atomic E-state index is 0.517. The highest BCUT2D eigenvalue weighted by Crippen LogP contribution is 2.30. The van der Waals surface area contributed by atoms with Gasteiger partial charge in [-0.3, -0.25) is 0 Å². The van der Waals surface area contributed by atoms with E-state index in [1.165, 1.54) is 5.56 Å². The van der Waals surface area contributed by atoms with Crippen molar-refractivity contribution < 1.29 is 0 Å². The number of benzene rings is 1. The molecular weight excluding hydrogens is 223 g/mol. The van der Waals surface area contributed by atoms with Crippen LogP contribution in [0.5, 0.6) is 0 Å². The van der Waals surface area contributed by atoms with Gasteiger partial charge in [0.2, 0.25) is 0 Å². The first-order valence-electron chi connectivity index (χ1n) is 3.57. The Morgan fingerprint density at radius 2 is 2.00 bits per heavy atom. The van der Waals surface area contributed by atoms with Crippen LogP contribution >= 0.6 is 27.5 Å². The van der Waals surface area contributed by atoms with Gasteiger partial charge in [0.1, 0.15) is 0 Å². The number of rotatable bonds is 1. The van der Waals surface area contributed by atoms with Crippen molar-refractivity contribution in [1.29, 1.82) is 0 Å². The van der Waals surface area contributed by atoms with Gasteiger partial charge in [0.15, 0.2) is 0 Å². The summed E-state index contributed by atoms with van der Waals surface area (Å²) in [5, 5.41) is 0.788. The van der Waals surface area contributed by atoms with Gasteiger partial charge in [-0.1, -0.05) is 37.6 Å². The highest BCUT2D eigenvalue weighted by molar-refractivity contribution is 9.10. The summed E-state index contributed by atoms with van der Waals surface area (Å²) in [4.78, 5) is 0. The summed E-state index contributed by atoms with van der Waals surface area (Å²) in [6.45, 7) is 4.30. The summed E-state index contributed by atoms with van der Waals surface area (Å²) in [5.74, 6) is 0.517. The SMILES string of the molecule is CC(C)c1cccc(Cl)c1Br. The molecule has 0 amide bonds. The van der Waals surface area contributed by atoms with Crippen LogP contribution in [0.15, 0.2) is 22.7 Å². The molecule has 0 aliphatic carbocycles. The summed E-state index contributed by atoms with van der Waals surface area (Å²) < 4.78 is 1.02. The van der Waals surface area contributed by atoms with Crippen molar-refractivity contribution in [1.82, 2.24) is 0 Å². The van der Waals surface area contributed by atoms with Gasteiger partial charge in [-0.25, -0.2) is 0 Å². The van der Waals surface area contributed by atoms with Gasteiger partial charge >= 0.3 is 0 Å². The molecule has 0 fully saturated rings. The summed E-state index contributed by atoms with van der Waals surface area (Å²) in [5.41, 5.74) is 1.26. The molecule has 1 rings (SSSR count). The average Bonchev–Trinajstić information content (AvgIpc) is 1.94. The fourth-order valence-corrected chi connectivity index (χ4v) is 1.87. The van der Waals surface area contributed by atoms with Crippen LogP contribution in [0.25, 0.3) is 0 Å². The average molecular weight is 234 g/mol. The molecule has 0 N–H and O–H groups in total. The molecule has 1 aromatic rings. The van der Waals surface area contributed by atoms with E-state index in [0.29, 0.717) is 5.92 Å². The predicted molar refractivity (Wildman–Crippen MR) is 53.2 cm³/mol. The zero-order valence-corrected chi connectivity index (χ0v) is 8.91. The standard InChI is InChI=1S/C9H10BrCl/c1-6(2)7-4-3-5-8(11)9(7)10/h3-6H,1-2H3. The minimum absolute atomic E-state index is 0.517. The van der Waals surface area contributed by atoms with Gasteiger partial charge in [-0.2, -0.15) is 0 Å². The van der Waals surface area contributed by atoms with Crippen LogP contribution in [-0.4, -0.2) is 0 Å². The minimum Gasteiger partial charge on any atom is -0.0831 e. The Morgan fingerprint density at radius 1 is 1.36 bits per heavy atom. The van der Waals surface area contributed by atoms with Crippen LogP contribution in [0.4, 0.5) is 0 Å². The van der Waals surface area contributed by atoms with E-state index in [1.54, 1.807) is 0 Å². The van der Waals surface area contributed by atoms with Crippen LogP contribution in [0.2, 0.25) is 5.02 Å². The van der Waals surface area contributed by atoms with E-state index in [9.17, 15) is 0 Å². The Balaban J connectivity index is 3.17. The summed E-state index contributed by atoms with van der Waals surface area (Å²) in [6.07, 6.45) is 0. The van der Waals surface area contributed by atoms with Crippen LogP contribution in [0, 0.1) is 0 Å². The van der Waals surface area contributed by atoms with Crippen LogP contribution < -0.4 is 0 Å². The van der Waals surface area contributed by atoms with E-state index in [2.05, 4.69) is 35.8 Å². The molecule has 0 aliphatic rings. The third-order valence-corrected chi connectivity index (χ3v) is 3.03. The van der Waals surface area contributed by atoms with Gasteiger partial charge in [-0.05, 0) is 33.5 Å². The lowest BCUT2D eigenvalue weighted by Gasteiger charge is -2.08. The number of hydrogen-bond donors (Lipinski definition) is 0. The van der Waals surface area contributed by atoms with Gasteiger partial charge < -0.3 is 0 Å². The molecule has 0 saturated heterocycles. The molecule has 60 valence electrons. The summed E-state index contributed by atoms with van der Waals surface area (Å²) >= 11 is 9.36. The third kappa shape index (κ3) is 1.97. The smallest absolute Gasteiger partial charge is 0.0550 e. The van der Waals surface area contributed by atoms with E-state index in [0.717, 1.165) is 9.50 Å². The second kappa shape index (κ2) is 3.59. The molecule has 0 spiro atoms. The molecule has 0 heterocycles. The van der Waals surface area contributed by atoms with Crippen molar-refractivity contribution in [3.63, 3.8) is 0 Å². The molecule has 0 aromatic heterocycles. The molecule has 0 nitrogen and oxygen atoms in total. The molecule has 0 atom stereocenters. The van der Waals surface area contributed by atoms with Gasteiger partial charge in [-0.15, -0.1) is 0 Å². The van der Waals surface area contributed by atoms with Crippen molar-refractivity contribution in [3.05, 3.63) is 33.3 Å². The second-order valence-corrected chi connectivity index (χ2v) is 4.00. The topological polar surface area (TPSA) is 0 Å². The molecule has 0 radical (unpaired) electrons. The maximum absolute atomic E-state index is 5.91. The zero-order valence-electron chi connectivity index (χ0n) is 6.57. The summed E-state index contributed by atoms with van der Waals surface area (Å²) in [7, 11) is 0. The fourth-order valence-electron chi connectivity index (χ4n) is 0.966. The molecule has 0 bridgehead atoms. The van der Waals surface area contributed by atoms with Crippen molar-refractivity contribution >= 4 is 27.5 Å². The summed E-state index contributed by atoms with van der Waals surface area (Å²) in [6, 6.07) is 5.95. The Kier molecular flexibility index (Phi) is 2.97. The van der Waals surface area contributed by atoms with E-state index >= 15 is 0 Å². The van der Waals surface area contributed by atoms with E-state index in [1.807, 2.05) is 12.1 Å². The normalized spacial score (nSPS) is 10.6. The third-order valence-electron chi connectivity index (χ3n) is 1.60. The molecule has 0 aliphatic heterocycles. The highest BCUT2D eigenvalue weighted by atomic mass is 79.9.